The fraction of sp³-hybridized carbons (Fsp3) is 0.200. The number of nitrogens with two attached hydrogens (primary N) is 1. The normalized spacial score (nSPS) is 10.2. The van der Waals surface area contributed by atoms with Crippen LogP contribution >= 0.6 is 12.2 Å². The van der Waals surface area contributed by atoms with Crippen LogP contribution in [0.5, 0.6) is 0 Å². The van der Waals surface area contributed by atoms with Crippen molar-refractivity contribution in [3.63, 3.8) is 0 Å². The first kappa shape index (κ1) is 13.5. The minimum absolute atomic E-state index is 0.325. The summed E-state index contributed by atoms with van der Waals surface area (Å²) < 4.78 is 0. The Kier molecular flexibility index (Phi) is 4.47. The molecule has 1 aromatic carbocycles. The van der Waals surface area contributed by atoms with Gasteiger partial charge in [-0.3, -0.25) is 4.98 Å². The molecule has 0 amide bonds. The van der Waals surface area contributed by atoms with Gasteiger partial charge in [0.15, 0.2) is 0 Å². The van der Waals surface area contributed by atoms with E-state index in [-0.39, 0.29) is 0 Å². The van der Waals surface area contributed by atoms with Gasteiger partial charge in [0.25, 0.3) is 0 Å². The fourth-order valence-electron chi connectivity index (χ4n) is 1.86. The van der Waals surface area contributed by atoms with E-state index in [1.165, 1.54) is 11.1 Å². The van der Waals surface area contributed by atoms with Gasteiger partial charge >= 0.3 is 0 Å². The highest BCUT2D eigenvalue weighted by Gasteiger charge is 1.98. The highest BCUT2D eigenvalue weighted by molar-refractivity contribution is 7.80. The van der Waals surface area contributed by atoms with E-state index in [0.29, 0.717) is 10.7 Å². The molecule has 0 aliphatic heterocycles. The van der Waals surface area contributed by atoms with Crippen molar-refractivity contribution in [2.45, 2.75) is 13.3 Å². The molecule has 0 aliphatic carbocycles. The average molecular weight is 271 g/mol. The van der Waals surface area contributed by atoms with Gasteiger partial charge in [-0.25, -0.2) is 0 Å². The molecular weight excluding hydrogens is 254 g/mol. The standard InChI is InChI=1S/C15H17N3S/c1-11-3-2-4-12(9-11)7-8-17-13-5-6-14(15(16)19)18-10-13/h2-6,9-10,17H,7-8H2,1H3,(H2,16,19). The maximum atomic E-state index is 5.50. The van der Waals surface area contributed by atoms with Crippen LogP contribution < -0.4 is 11.1 Å². The van der Waals surface area contributed by atoms with Crippen molar-refractivity contribution in [1.82, 2.24) is 4.98 Å². The van der Waals surface area contributed by atoms with Crippen LogP contribution in [0, 0.1) is 6.92 Å². The van der Waals surface area contributed by atoms with E-state index in [4.69, 9.17) is 18.0 Å². The Morgan fingerprint density at radius 3 is 2.79 bits per heavy atom. The lowest BCUT2D eigenvalue weighted by atomic mass is 10.1. The summed E-state index contributed by atoms with van der Waals surface area (Å²) in [5.41, 5.74) is 9.76. The summed E-state index contributed by atoms with van der Waals surface area (Å²) in [7, 11) is 0. The third kappa shape index (κ3) is 4.03. The van der Waals surface area contributed by atoms with Crippen LogP contribution in [0.15, 0.2) is 42.6 Å². The first-order valence-electron chi connectivity index (χ1n) is 6.20. The van der Waals surface area contributed by atoms with Gasteiger partial charge in [-0.2, -0.15) is 0 Å². The second-order valence-corrected chi connectivity index (χ2v) is 4.90. The lowest BCUT2D eigenvalue weighted by molar-refractivity contribution is 1.01. The van der Waals surface area contributed by atoms with E-state index < -0.39 is 0 Å². The Hall–Kier alpha value is -1.94. The van der Waals surface area contributed by atoms with Gasteiger partial charge in [0.1, 0.15) is 4.99 Å². The predicted molar refractivity (Wildman–Crippen MR) is 83.5 cm³/mol. The number of hydrogen-bond donors (Lipinski definition) is 2. The molecule has 19 heavy (non-hydrogen) atoms. The van der Waals surface area contributed by atoms with Crippen molar-refractivity contribution in [1.29, 1.82) is 0 Å². The third-order valence-electron chi connectivity index (χ3n) is 2.84. The molecule has 0 saturated carbocycles. The van der Waals surface area contributed by atoms with Crippen molar-refractivity contribution in [3.8, 4) is 0 Å². The zero-order valence-electron chi connectivity index (χ0n) is 10.9. The zero-order valence-corrected chi connectivity index (χ0v) is 11.7. The quantitative estimate of drug-likeness (QED) is 0.821. The van der Waals surface area contributed by atoms with E-state index in [1.807, 2.05) is 12.1 Å². The Bertz CT molecular complexity index is 564. The number of nitrogens with one attached hydrogen (secondary N) is 1. The summed E-state index contributed by atoms with van der Waals surface area (Å²) >= 11 is 4.86. The van der Waals surface area contributed by atoms with E-state index in [1.54, 1.807) is 6.20 Å². The van der Waals surface area contributed by atoms with Crippen molar-refractivity contribution in [3.05, 3.63) is 59.4 Å². The number of anilines is 1. The Morgan fingerprint density at radius 1 is 1.32 bits per heavy atom. The summed E-state index contributed by atoms with van der Waals surface area (Å²) in [5, 5.41) is 3.33. The molecule has 0 unspecified atom stereocenters. The van der Waals surface area contributed by atoms with E-state index in [2.05, 4.69) is 41.5 Å². The lowest BCUT2D eigenvalue weighted by Gasteiger charge is -2.07. The van der Waals surface area contributed by atoms with Crippen molar-refractivity contribution < 1.29 is 0 Å². The number of thiocarbonyl (C=S) groups is 1. The van der Waals surface area contributed by atoms with Gasteiger partial charge in [-0.15, -0.1) is 0 Å². The molecule has 1 heterocycles. The number of aromatic nitrogens is 1. The summed E-state index contributed by atoms with van der Waals surface area (Å²) in [6.07, 6.45) is 2.74. The average Bonchev–Trinajstić information content (AvgIpc) is 2.39. The van der Waals surface area contributed by atoms with E-state index >= 15 is 0 Å². The van der Waals surface area contributed by atoms with Crippen LogP contribution in [0.4, 0.5) is 5.69 Å². The van der Waals surface area contributed by atoms with Crippen LogP contribution in [0.2, 0.25) is 0 Å². The number of nitrogens with zero attached hydrogens (tertiary/aromatic N) is 1. The molecule has 0 radical (unpaired) electrons. The minimum Gasteiger partial charge on any atom is -0.388 e. The van der Waals surface area contributed by atoms with Gasteiger partial charge in [0.05, 0.1) is 17.6 Å². The molecular formula is C15H17N3S. The van der Waals surface area contributed by atoms with Crippen LogP contribution in [0.3, 0.4) is 0 Å². The third-order valence-corrected chi connectivity index (χ3v) is 3.05. The topological polar surface area (TPSA) is 50.9 Å². The molecule has 0 spiro atoms. The van der Waals surface area contributed by atoms with Gasteiger partial charge in [-0.1, -0.05) is 42.0 Å². The van der Waals surface area contributed by atoms with E-state index in [0.717, 1.165) is 18.7 Å². The molecule has 0 fully saturated rings. The highest BCUT2D eigenvalue weighted by Crippen LogP contribution is 2.08. The first-order chi connectivity index (χ1) is 9.15. The molecule has 2 aromatic rings. The Balaban J connectivity index is 1.87. The van der Waals surface area contributed by atoms with Gasteiger partial charge in [0, 0.05) is 6.54 Å². The number of pyridine rings is 1. The zero-order chi connectivity index (χ0) is 13.7. The Morgan fingerprint density at radius 2 is 2.16 bits per heavy atom. The molecule has 0 atom stereocenters. The number of rotatable bonds is 5. The number of benzene rings is 1. The maximum Gasteiger partial charge on any atom is 0.122 e. The second-order valence-electron chi connectivity index (χ2n) is 4.46. The SMILES string of the molecule is Cc1cccc(CCNc2ccc(C(N)=S)nc2)c1. The van der Waals surface area contributed by atoms with Gasteiger partial charge in [-0.05, 0) is 31.0 Å². The van der Waals surface area contributed by atoms with Crippen LogP contribution in [0.1, 0.15) is 16.8 Å². The molecule has 3 N–H and O–H groups in total. The monoisotopic (exact) mass is 271 g/mol. The molecule has 0 bridgehead atoms. The second kappa shape index (κ2) is 6.29. The lowest BCUT2D eigenvalue weighted by Crippen LogP contribution is -2.12. The van der Waals surface area contributed by atoms with Gasteiger partial charge < -0.3 is 11.1 Å². The summed E-state index contributed by atoms with van der Waals surface area (Å²) in [6.45, 7) is 2.98. The van der Waals surface area contributed by atoms with Crippen molar-refractivity contribution >= 4 is 22.9 Å². The summed E-state index contributed by atoms with van der Waals surface area (Å²) in [5.74, 6) is 0. The molecule has 1 aromatic heterocycles. The van der Waals surface area contributed by atoms with Crippen LogP contribution in [-0.2, 0) is 6.42 Å². The molecule has 98 valence electrons. The summed E-state index contributed by atoms with van der Waals surface area (Å²) in [4.78, 5) is 4.51. The molecule has 4 heteroatoms. The maximum absolute atomic E-state index is 5.50. The first-order valence-corrected chi connectivity index (χ1v) is 6.61. The highest BCUT2D eigenvalue weighted by atomic mass is 32.1. The fourth-order valence-corrected chi connectivity index (χ4v) is 1.98. The smallest absolute Gasteiger partial charge is 0.122 e. The number of hydrogen-bond acceptors (Lipinski definition) is 3. The summed E-state index contributed by atoms with van der Waals surface area (Å²) in [6, 6.07) is 12.3. The molecule has 3 nitrogen and oxygen atoms in total. The molecule has 0 aliphatic rings. The molecule has 0 saturated heterocycles. The molecule has 2 rings (SSSR count). The van der Waals surface area contributed by atoms with E-state index in [9.17, 15) is 0 Å². The van der Waals surface area contributed by atoms with Crippen molar-refractivity contribution in [2.75, 3.05) is 11.9 Å². The van der Waals surface area contributed by atoms with Gasteiger partial charge in [0.2, 0.25) is 0 Å². The largest absolute Gasteiger partial charge is 0.388 e. The van der Waals surface area contributed by atoms with Crippen LogP contribution in [0.25, 0.3) is 0 Å². The Labute approximate surface area is 118 Å². The number of aryl methyl sites for hydroxylation is 1. The van der Waals surface area contributed by atoms with Crippen LogP contribution in [-0.4, -0.2) is 16.5 Å². The minimum atomic E-state index is 0.325. The predicted octanol–water partition coefficient (Wildman–Crippen LogP) is 2.68. The van der Waals surface area contributed by atoms with Crippen molar-refractivity contribution in [2.24, 2.45) is 5.73 Å².